The van der Waals surface area contributed by atoms with E-state index < -0.39 is 16.0 Å². The number of carbonyl (C=O) groups is 1. The summed E-state index contributed by atoms with van der Waals surface area (Å²) in [5, 5.41) is 0. The number of esters is 1. The maximum absolute atomic E-state index is 12.3. The monoisotopic (exact) mass is 382 g/mol. The zero-order valence-electron chi connectivity index (χ0n) is 10.8. The van der Waals surface area contributed by atoms with Crippen LogP contribution in [0.2, 0.25) is 0 Å². The highest BCUT2D eigenvalue weighted by Gasteiger charge is 2.34. The molecular weight excluding hydrogens is 368 g/mol. The molecule has 1 unspecified atom stereocenters. The number of ether oxygens (including phenoxy) is 1. The van der Waals surface area contributed by atoms with Crippen LogP contribution in [0.3, 0.4) is 0 Å². The van der Waals surface area contributed by atoms with Gasteiger partial charge in [-0.05, 0) is 40.8 Å². The van der Waals surface area contributed by atoms with Crippen LogP contribution >= 0.6 is 27.3 Å². The Balaban J connectivity index is 2.24. The normalized spacial score (nSPS) is 16.9. The lowest BCUT2D eigenvalue weighted by atomic mass is 10.2. The molecule has 20 heavy (non-hydrogen) atoms. The number of sulfonamides is 1. The molecule has 1 atom stereocenters. The maximum atomic E-state index is 12.3. The molecule has 1 heterocycles. The number of carbonyl (C=O) groups excluding carboxylic acids is 1. The van der Waals surface area contributed by atoms with Crippen molar-refractivity contribution in [2.45, 2.75) is 23.8 Å². The summed E-state index contributed by atoms with van der Waals surface area (Å²) in [4.78, 5) is 11.7. The van der Waals surface area contributed by atoms with Crippen molar-refractivity contribution >= 4 is 43.3 Å². The Kier molecular flexibility index (Phi) is 4.85. The Hall–Kier alpha value is -0.480. The van der Waals surface area contributed by atoms with Crippen molar-refractivity contribution in [1.82, 2.24) is 4.72 Å². The van der Waals surface area contributed by atoms with E-state index in [0.717, 1.165) is 24.2 Å². The Labute approximate surface area is 129 Å². The van der Waals surface area contributed by atoms with E-state index in [1.807, 2.05) is 0 Å². The fourth-order valence-electron chi connectivity index (χ4n) is 1.83. The summed E-state index contributed by atoms with van der Waals surface area (Å²) >= 11 is 4.20. The molecule has 0 aliphatic heterocycles. The van der Waals surface area contributed by atoms with Gasteiger partial charge >= 0.3 is 5.97 Å². The molecule has 1 fully saturated rings. The molecule has 0 radical (unpaired) electrons. The van der Waals surface area contributed by atoms with Gasteiger partial charge in [-0.3, -0.25) is 0 Å². The van der Waals surface area contributed by atoms with Crippen LogP contribution in [0.4, 0.5) is 0 Å². The number of halogens is 1. The van der Waals surface area contributed by atoms with Crippen molar-refractivity contribution in [3.63, 3.8) is 0 Å². The fourth-order valence-corrected chi connectivity index (χ4v) is 5.63. The molecule has 6 nitrogen and oxygen atoms in total. The zero-order valence-corrected chi connectivity index (χ0v) is 14.0. The number of methoxy groups -OCH3 is 1. The molecule has 1 aliphatic rings. The zero-order chi connectivity index (χ0) is 14.9. The van der Waals surface area contributed by atoms with Gasteiger partial charge in [0.2, 0.25) is 10.0 Å². The number of hydrogen-bond donors (Lipinski definition) is 2. The SMILES string of the molecule is COC(=O)c1cc(S(=O)(=O)NC(CN)C2CC2)c(Br)s1. The smallest absolute Gasteiger partial charge is 0.348 e. The van der Waals surface area contributed by atoms with Gasteiger partial charge in [0, 0.05) is 12.6 Å². The third-order valence-electron chi connectivity index (χ3n) is 3.08. The van der Waals surface area contributed by atoms with Crippen LogP contribution in [0.25, 0.3) is 0 Å². The summed E-state index contributed by atoms with van der Waals surface area (Å²) in [6, 6.07) is 1.05. The molecule has 0 amide bonds. The number of rotatable bonds is 6. The van der Waals surface area contributed by atoms with E-state index in [1.54, 1.807) is 0 Å². The molecule has 2 rings (SSSR count). The molecule has 112 valence electrons. The van der Waals surface area contributed by atoms with E-state index in [9.17, 15) is 13.2 Å². The summed E-state index contributed by atoms with van der Waals surface area (Å²) in [6.07, 6.45) is 1.98. The quantitative estimate of drug-likeness (QED) is 0.722. The van der Waals surface area contributed by atoms with Gasteiger partial charge in [0.05, 0.1) is 10.9 Å². The maximum Gasteiger partial charge on any atom is 0.348 e. The number of nitrogens with two attached hydrogens (primary N) is 1. The van der Waals surface area contributed by atoms with Gasteiger partial charge in [0.15, 0.2) is 0 Å². The van der Waals surface area contributed by atoms with Crippen LogP contribution in [0.15, 0.2) is 14.7 Å². The average molecular weight is 383 g/mol. The number of nitrogens with one attached hydrogen (secondary N) is 1. The number of hydrogen-bond acceptors (Lipinski definition) is 6. The molecule has 1 aliphatic carbocycles. The lowest BCUT2D eigenvalue weighted by Crippen LogP contribution is -2.41. The molecule has 0 spiro atoms. The summed E-state index contributed by atoms with van der Waals surface area (Å²) in [5.74, 6) is -0.248. The van der Waals surface area contributed by atoms with Crippen LogP contribution in [-0.4, -0.2) is 34.1 Å². The van der Waals surface area contributed by atoms with E-state index in [4.69, 9.17) is 5.73 Å². The van der Waals surface area contributed by atoms with Crippen LogP contribution in [0.5, 0.6) is 0 Å². The molecule has 0 bridgehead atoms. The number of thiophene rings is 1. The van der Waals surface area contributed by atoms with Gasteiger partial charge in [-0.2, -0.15) is 0 Å². The largest absolute Gasteiger partial charge is 0.465 e. The van der Waals surface area contributed by atoms with E-state index in [-0.39, 0.29) is 22.4 Å². The van der Waals surface area contributed by atoms with Gasteiger partial charge in [-0.25, -0.2) is 17.9 Å². The third kappa shape index (κ3) is 3.40. The fraction of sp³-hybridized carbons (Fsp3) is 0.545. The van der Waals surface area contributed by atoms with Crippen molar-refractivity contribution in [3.8, 4) is 0 Å². The standard InChI is InChI=1S/C11H15BrN2O4S2/c1-18-11(15)8-4-9(10(12)19-8)20(16,17)14-7(5-13)6-2-3-6/h4,6-7,14H,2-3,5,13H2,1H3. The minimum atomic E-state index is -3.70. The Morgan fingerprint density at radius 3 is 2.80 bits per heavy atom. The Morgan fingerprint density at radius 2 is 2.30 bits per heavy atom. The first-order valence-electron chi connectivity index (χ1n) is 5.99. The Bertz CT molecular complexity index is 610. The molecule has 0 aromatic carbocycles. The lowest BCUT2D eigenvalue weighted by Gasteiger charge is -2.15. The molecular formula is C11H15BrN2O4S2. The van der Waals surface area contributed by atoms with Crippen molar-refractivity contribution in [2.24, 2.45) is 11.7 Å². The van der Waals surface area contributed by atoms with E-state index in [2.05, 4.69) is 25.4 Å². The van der Waals surface area contributed by atoms with Crippen molar-refractivity contribution < 1.29 is 17.9 Å². The second-order valence-electron chi connectivity index (χ2n) is 4.54. The molecule has 1 aromatic heterocycles. The summed E-state index contributed by atoms with van der Waals surface area (Å²) in [7, 11) is -2.45. The summed E-state index contributed by atoms with van der Waals surface area (Å²) in [5.41, 5.74) is 5.60. The molecule has 3 N–H and O–H groups in total. The average Bonchev–Trinajstić information content (AvgIpc) is 3.17. The third-order valence-corrected chi connectivity index (χ3v) is 6.81. The van der Waals surface area contributed by atoms with Crippen LogP contribution in [0.1, 0.15) is 22.5 Å². The molecule has 9 heteroatoms. The van der Waals surface area contributed by atoms with Gasteiger partial charge in [-0.1, -0.05) is 0 Å². The second kappa shape index (κ2) is 6.10. The van der Waals surface area contributed by atoms with Gasteiger partial charge in [0.1, 0.15) is 9.77 Å². The van der Waals surface area contributed by atoms with Crippen LogP contribution in [0, 0.1) is 5.92 Å². The summed E-state index contributed by atoms with van der Waals surface area (Å²) in [6.45, 7) is 0.259. The van der Waals surface area contributed by atoms with E-state index >= 15 is 0 Å². The lowest BCUT2D eigenvalue weighted by molar-refractivity contribution is 0.0606. The highest BCUT2D eigenvalue weighted by molar-refractivity contribution is 9.11. The van der Waals surface area contributed by atoms with Gasteiger partial charge in [0.25, 0.3) is 0 Å². The van der Waals surface area contributed by atoms with Crippen LogP contribution in [-0.2, 0) is 14.8 Å². The predicted molar refractivity (Wildman–Crippen MR) is 79.2 cm³/mol. The summed E-state index contributed by atoms with van der Waals surface area (Å²) < 4.78 is 32.2. The first kappa shape index (κ1) is 15.9. The highest BCUT2D eigenvalue weighted by atomic mass is 79.9. The van der Waals surface area contributed by atoms with Crippen molar-refractivity contribution in [1.29, 1.82) is 0 Å². The Morgan fingerprint density at radius 1 is 1.65 bits per heavy atom. The van der Waals surface area contributed by atoms with E-state index in [1.165, 1.54) is 13.2 Å². The molecule has 1 saturated carbocycles. The van der Waals surface area contributed by atoms with Gasteiger partial charge in [-0.15, -0.1) is 11.3 Å². The minimum absolute atomic E-state index is 0.0435. The van der Waals surface area contributed by atoms with Crippen LogP contribution < -0.4 is 10.5 Å². The minimum Gasteiger partial charge on any atom is -0.465 e. The first-order valence-corrected chi connectivity index (χ1v) is 9.08. The van der Waals surface area contributed by atoms with Gasteiger partial charge < -0.3 is 10.5 Å². The van der Waals surface area contributed by atoms with Crippen molar-refractivity contribution in [3.05, 3.63) is 14.7 Å². The predicted octanol–water partition coefficient (Wildman–Crippen LogP) is 1.31. The topological polar surface area (TPSA) is 98.5 Å². The second-order valence-corrected chi connectivity index (χ2v) is 8.59. The van der Waals surface area contributed by atoms with E-state index in [0.29, 0.717) is 9.70 Å². The molecule has 0 saturated heterocycles. The first-order chi connectivity index (χ1) is 9.39. The molecule has 1 aromatic rings. The highest BCUT2D eigenvalue weighted by Crippen LogP contribution is 2.35. The van der Waals surface area contributed by atoms with Crippen molar-refractivity contribution in [2.75, 3.05) is 13.7 Å².